The summed E-state index contributed by atoms with van der Waals surface area (Å²) in [5.74, 6) is 0.558. The molecule has 0 aromatic heterocycles. The van der Waals surface area contributed by atoms with Crippen molar-refractivity contribution >= 4 is 29.8 Å². The second kappa shape index (κ2) is 13.4. The first-order chi connectivity index (χ1) is 11.5. The van der Waals surface area contributed by atoms with Crippen LogP contribution in [0.5, 0.6) is 0 Å². The molecule has 0 saturated carbocycles. The summed E-state index contributed by atoms with van der Waals surface area (Å²) >= 11 is 5.66. The molecule has 0 unspecified atom stereocenters. The Labute approximate surface area is 152 Å². The van der Waals surface area contributed by atoms with Gasteiger partial charge in [-0.1, -0.05) is 86.5 Å². The van der Waals surface area contributed by atoms with Gasteiger partial charge in [-0.25, -0.2) is 0 Å². The van der Waals surface area contributed by atoms with Crippen molar-refractivity contribution in [2.75, 3.05) is 21.1 Å². The Balaban J connectivity index is 0.000000363. The van der Waals surface area contributed by atoms with E-state index in [0.717, 1.165) is 22.3 Å². The fraction of sp³-hybridized carbons (Fsp3) is 0.182. The van der Waals surface area contributed by atoms with Crippen LogP contribution in [-0.2, 0) is 5.88 Å². The molecule has 0 spiro atoms. The third kappa shape index (κ3) is 9.14. The molecule has 0 saturated heterocycles. The molecular weight excluding hydrogens is 314 g/mol. The van der Waals surface area contributed by atoms with Gasteiger partial charge in [0, 0.05) is 5.88 Å². The van der Waals surface area contributed by atoms with Crippen molar-refractivity contribution in [1.82, 2.24) is 4.90 Å². The zero-order valence-corrected chi connectivity index (χ0v) is 15.8. The van der Waals surface area contributed by atoms with Crippen molar-refractivity contribution in [2.45, 2.75) is 5.88 Å². The first kappa shape index (κ1) is 21.9. The fourth-order valence-electron chi connectivity index (χ4n) is 1.74. The fourth-order valence-corrected chi connectivity index (χ4v) is 1.98. The average molecular weight is 342 g/mol. The third-order valence-corrected chi connectivity index (χ3v) is 3.14. The molecule has 2 heteroatoms. The number of hydrogen-bond donors (Lipinski definition) is 0. The van der Waals surface area contributed by atoms with Gasteiger partial charge in [-0.3, -0.25) is 0 Å². The smallest absolute Gasteiger partial charge is 0.0479 e. The lowest BCUT2D eigenvalue weighted by Gasteiger charge is -1.98. The Morgan fingerprint density at radius 1 is 0.750 bits per heavy atom. The molecule has 0 amide bonds. The minimum atomic E-state index is 0.558. The van der Waals surface area contributed by atoms with Gasteiger partial charge in [0.2, 0.25) is 0 Å². The highest BCUT2D eigenvalue weighted by Gasteiger charge is 1.93. The van der Waals surface area contributed by atoms with Crippen LogP contribution in [0.2, 0.25) is 0 Å². The molecule has 1 nitrogen and oxygen atoms in total. The summed E-state index contributed by atoms with van der Waals surface area (Å²) < 4.78 is 0. The predicted molar refractivity (Wildman–Crippen MR) is 112 cm³/mol. The van der Waals surface area contributed by atoms with E-state index in [4.69, 9.17) is 11.6 Å². The SMILES string of the molecule is C=Cc1ccccc1C=C.C=Cc1ccccc1CCl.CN(C)C. The number of hydrogen-bond acceptors (Lipinski definition) is 1. The molecule has 0 aliphatic heterocycles. The van der Waals surface area contributed by atoms with E-state index in [1.807, 2.05) is 92.8 Å². The molecule has 2 aromatic rings. The molecule has 0 fully saturated rings. The van der Waals surface area contributed by atoms with Gasteiger partial charge in [0.25, 0.3) is 0 Å². The molecule has 0 bridgehead atoms. The van der Waals surface area contributed by atoms with Gasteiger partial charge in [-0.15, -0.1) is 11.6 Å². The zero-order chi connectivity index (χ0) is 18.4. The van der Waals surface area contributed by atoms with Crippen molar-refractivity contribution < 1.29 is 0 Å². The molecule has 24 heavy (non-hydrogen) atoms. The van der Waals surface area contributed by atoms with Gasteiger partial charge >= 0.3 is 0 Å². The monoisotopic (exact) mass is 341 g/mol. The van der Waals surface area contributed by atoms with Crippen LogP contribution < -0.4 is 0 Å². The topological polar surface area (TPSA) is 3.24 Å². The molecule has 2 aromatic carbocycles. The van der Waals surface area contributed by atoms with Crippen LogP contribution >= 0.6 is 11.6 Å². The summed E-state index contributed by atoms with van der Waals surface area (Å²) in [7, 11) is 6.00. The summed E-state index contributed by atoms with van der Waals surface area (Å²) in [6, 6.07) is 16.0. The summed E-state index contributed by atoms with van der Waals surface area (Å²) in [5.41, 5.74) is 4.53. The number of rotatable bonds is 4. The first-order valence-corrected chi connectivity index (χ1v) is 8.24. The standard InChI is InChI=1S/C10H10.C9H9Cl.C3H9N/c1-3-9-7-5-6-8-10(9)4-2;1-2-8-5-3-4-6-9(8)7-10;1-4(2)3/h3-8H,1-2H2;2-6H,1,7H2;1-3H3. The molecule has 0 atom stereocenters. The van der Waals surface area contributed by atoms with Gasteiger partial charge in [-0.05, 0) is 43.4 Å². The third-order valence-electron chi connectivity index (χ3n) is 2.85. The number of nitrogens with zero attached hydrogens (tertiary/aromatic N) is 1. The quantitative estimate of drug-likeness (QED) is 0.597. The Morgan fingerprint density at radius 2 is 1.08 bits per heavy atom. The second-order valence-corrected chi connectivity index (χ2v) is 5.68. The summed E-state index contributed by atoms with van der Waals surface area (Å²) in [6.45, 7) is 11.1. The van der Waals surface area contributed by atoms with Crippen molar-refractivity contribution in [2.24, 2.45) is 0 Å². The van der Waals surface area contributed by atoms with E-state index in [9.17, 15) is 0 Å². The lowest BCUT2D eigenvalue weighted by molar-refractivity contribution is 0.505. The molecule has 0 radical (unpaired) electrons. The maximum Gasteiger partial charge on any atom is 0.0479 e. The van der Waals surface area contributed by atoms with Crippen LogP contribution in [-0.4, -0.2) is 26.0 Å². The van der Waals surface area contributed by atoms with Crippen molar-refractivity contribution in [3.05, 3.63) is 90.5 Å². The molecule has 128 valence electrons. The summed E-state index contributed by atoms with van der Waals surface area (Å²) in [4.78, 5) is 2.00. The van der Waals surface area contributed by atoms with Crippen LogP contribution in [0, 0.1) is 0 Å². The summed E-state index contributed by atoms with van der Waals surface area (Å²) in [5, 5.41) is 0. The van der Waals surface area contributed by atoms with Gasteiger partial charge < -0.3 is 4.90 Å². The van der Waals surface area contributed by atoms with E-state index in [1.165, 1.54) is 0 Å². The van der Waals surface area contributed by atoms with E-state index in [-0.39, 0.29) is 0 Å². The Kier molecular flexibility index (Phi) is 12.2. The highest BCUT2D eigenvalue weighted by atomic mass is 35.5. The van der Waals surface area contributed by atoms with Gasteiger partial charge in [0.05, 0.1) is 0 Å². The van der Waals surface area contributed by atoms with E-state index >= 15 is 0 Å². The van der Waals surface area contributed by atoms with Crippen LogP contribution in [0.4, 0.5) is 0 Å². The highest BCUT2D eigenvalue weighted by molar-refractivity contribution is 6.17. The normalized spacial score (nSPS) is 9.04. The highest BCUT2D eigenvalue weighted by Crippen LogP contribution is 2.11. The Hall–Kier alpha value is -2.09. The molecule has 0 N–H and O–H groups in total. The molecular formula is C22H28ClN. The Morgan fingerprint density at radius 3 is 1.38 bits per heavy atom. The van der Waals surface area contributed by atoms with E-state index < -0.39 is 0 Å². The minimum absolute atomic E-state index is 0.558. The number of benzene rings is 2. The second-order valence-electron chi connectivity index (χ2n) is 5.42. The van der Waals surface area contributed by atoms with Gasteiger partial charge in [0.1, 0.15) is 0 Å². The molecule has 0 aliphatic carbocycles. The molecule has 0 heterocycles. The maximum absolute atomic E-state index is 5.66. The van der Waals surface area contributed by atoms with Gasteiger partial charge in [-0.2, -0.15) is 0 Å². The van der Waals surface area contributed by atoms with Crippen LogP contribution in [0.3, 0.4) is 0 Å². The number of alkyl halides is 1. The van der Waals surface area contributed by atoms with E-state index in [2.05, 4.69) is 19.7 Å². The maximum atomic E-state index is 5.66. The van der Waals surface area contributed by atoms with Crippen LogP contribution in [0.1, 0.15) is 22.3 Å². The number of halogens is 1. The largest absolute Gasteiger partial charge is 0.312 e. The zero-order valence-electron chi connectivity index (χ0n) is 15.0. The Bertz CT molecular complexity index is 600. The van der Waals surface area contributed by atoms with Crippen molar-refractivity contribution in [1.29, 1.82) is 0 Å². The molecule has 2 rings (SSSR count). The van der Waals surface area contributed by atoms with E-state index in [0.29, 0.717) is 5.88 Å². The summed E-state index contributed by atoms with van der Waals surface area (Å²) in [6.07, 6.45) is 5.48. The lowest BCUT2D eigenvalue weighted by Crippen LogP contribution is -1.99. The predicted octanol–water partition coefficient (Wildman–Crippen LogP) is 6.22. The first-order valence-electron chi connectivity index (χ1n) is 7.71. The van der Waals surface area contributed by atoms with E-state index in [1.54, 1.807) is 0 Å². The lowest BCUT2D eigenvalue weighted by atomic mass is 10.1. The van der Waals surface area contributed by atoms with Crippen LogP contribution in [0.15, 0.2) is 68.3 Å². The van der Waals surface area contributed by atoms with Crippen molar-refractivity contribution in [3.8, 4) is 0 Å². The van der Waals surface area contributed by atoms with Crippen LogP contribution in [0.25, 0.3) is 18.2 Å². The minimum Gasteiger partial charge on any atom is -0.312 e. The van der Waals surface area contributed by atoms with Crippen molar-refractivity contribution in [3.63, 3.8) is 0 Å². The molecule has 0 aliphatic rings. The van der Waals surface area contributed by atoms with Gasteiger partial charge in [0.15, 0.2) is 0 Å². The average Bonchev–Trinajstić information content (AvgIpc) is 2.61.